The van der Waals surface area contributed by atoms with Crippen molar-refractivity contribution >= 4 is 11.7 Å². The maximum absolute atomic E-state index is 12.2. The van der Waals surface area contributed by atoms with Crippen molar-refractivity contribution in [2.45, 2.75) is 19.6 Å². The van der Waals surface area contributed by atoms with Crippen molar-refractivity contribution in [1.82, 2.24) is 0 Å². The zero-order chi connectivity index (χ0) is 16.8. The fourth-order valence-electron chi connectivity index (χ4n) is 2.14. The van der Waals surface area contributed by atoms with Gasteiger partial charge < -0.3 is 9.47 Å². The average Bonchev–Trinajstić information content (AvgIpc) is 2.55. The molecule has 2 aromatic carbocycles. The Kier molecular flexibility index (Phi) is 5.43. The lowest BCUT2D eigenvalue weighted by Gasteiger charge is -2.14. The average molecular weight is 315 g/mol. The minimum Gasteiger partial charge on any atom is -0.454 e. The van der Waals surface area contributed by atoms with Crippen LogP contribution in [-0.2, 0) is 16.1 Å². The number of non-ortho nitro benzene ring substituents is 1. The zero-order valence-electron chi connectivity index (χ0n) is 12.9. The normalized spacial score (nSPS) is 11.7. The summed E-state index contributed by atoms with van der Waals surface area (Å²) in [5.74, 6) is -0.484. The predicted octanol–water partition coefficient (Wildman–Crippen LogP) is 3.66. The minimum atomic E-state index is -0.589. The Morgan fingerprint density at radius 1 is 1.22 bits per heavy atom. The van der Waals surface area contributed by atoms with E-state index in [1.807, 2.05) is 6.07 Å². The molecule has 0 heterocycles. The lowest BCUT2D eigenvalue weighted by atomic mass is 10.1. The van der Waals surface area contributed by atoms with Gasteiger partial charge in [-0.25, -0.2) is 4.79 Å². The van der Waals surface area contributed by atoms with Gasteiger partial charge in [-0.1, -0.05) is 24.3 Å². The Balaban J connectivity index is 2.11. The second kappa shape index (κ2) is 7.51. The van der Waals surface area contributed by atoms with Crippen LogP contribution in [0.3, 0.4) is 0 Å². The molecule has 6 nitrogen and oxygen atoms in total. The number of nitrogens with zero attached hydrogens (tertiary/aromatic N) is 1. The number of rotatable bonds is 6. The third-order valence-electron chi connectivity index (χ3n) is 3.31. The van der Waals surface area contributed by atoms with Crippen LogP contribution in [0.25, 0.3) is 0 Å². The van der Waals surface area contributed by atoms with Crippen molar-refractivity contribution in [2.75, 3.05) is 7.11 Å². The summed E-state index contributed by atoms with van der Waals surface area (Å²) in [7, 11) is 1.58. The SMILES string of the molecule is COCc1cccc(C(=O)OC(C)c2cccc([N+](=O)[O-])c2)c1. The molecule has 0 aliphatic carbocycles. The first-order valence-electron chi connectivity index (χ1n) is 7.04. The van der Waals surface area contributed by atoms with E-state index in [-0.39, 0.29) is 5.69 Å². The second-order valence-corrected chi connectivity index (χ2v) is 5.03. The summed E-state index contributed by atoms with van der Waals surface area (Å²) in [5.41, 5.74) is 1.81. The Morgan fingerprint density at radius 2 is 1.96 bits per heavy atom. The number of hydrogen-bond donors (Lipinski definition) is 0. The quantitative estimate of drug-likeness (QED) is 0.462. The first kappa shape index (κ1) is 16.6. The van der Waals surface area contributed by atoms with E-state index in [2.05, 4.69) is 0 Å². The van der Waals surface area contributed by atoms with E-state index in [1.165, 1.54) is 12.1 Å². The molecular formula is C17H17NO5. The Bertz CT molecular complexity index is 714. The van der Waals surface area contributed by atoms with E-state index in [9.17, 15) is 14.9 Å². The van der Waals surface area contributed by atoms with Gasteiger partial charge in [0, 0.05) is 19.2 Å². The molecule has 0 aromatic heterocycles. The van der Waals surface area contributed by atoms with Gasteiger partial charge in [0.25, 0.3) is 5.69 Å². The molecule has 0 amide bonds. The van der Waals surface area contributed by atoms with Crippen molar-refractivity contribution in [1.29, 1.82) is 0 Å². The monoisotopic (exact) mass is 315 g/mol. The van der Waals surface area contributed by atoms with Crippen LogP contribution in [0.1, 0.15) is 34.5 Å². The molecule has 0 bridgehead atoms. The number of methoxy groups -OCH3 is 1. The molecule has 2 rings (SSSR count). The van der Waals surface area contributed by atoms with Gasteiger partial charge in [-0.3, -0.25) is 10.1 Å². The van der Waals surface area contributed by atoms with Crippen molar-refractivity contribution in [2.24, 2.45) is 0 Å². The summed E-state index contributed by atoms with van der Waals surface area (Å²) < 4.78 is 10.4. The Labute approximate surface area is 133 Å². The second-order valence-electron chi connectivity index (χ2n) is 5.03. The maximum atomic E-state index is 12.2. The Morgan fingerprint density at radius 3 is 2.65 bits per heavy atom. The molecule has 23 heavy (non-hydrogen) atoms. The zero-order valence-corrected chi connectivity index (χ0v) is 12.9. The van der Waals surface area contributed by atoms with Crippen LogP contribution in [-0.4, -0.2) is 18.0 Å². The van der Waals surface area contributed by atoms with E-state index < -0.39 is 17.0 Å². The standard InChI is InChI=1S/C17H17NO5/c1-12(14-6-4-8-16(10-14)18(20)21)23-17(19)15-7-3-5-13(9-15)11-22-2/h3-10,12H,11H2,1-2H3. The number of carbonyl (C=O) groups excluding carboxylic acids is 1. The topological polar surface area (TPSA) is 78.7 Å². The van der Waals surface area contributed by atoms with Gasteiger partial charge in [-0.15, -0.1) is 0 Å². The first-order chi connectivity index (χ1) is 11.0. The van der Waals surface area contributed by atoms with Crippen LogP contribution < -0.4 is 0 Å². The number of esters is 1. The van der Waals surface area contributed by atoms with Gasteiger partial charge in [-0.2, -0.15) is 0 Å². The molecule has 0 N–H and O–H groups in total. The van der Waals surface area contributed by atoms with Crippen LogP contribution in [0.5, 0.6) is 0 Å². The van der Waals surface area contributed by atoms with Crippen LogP contribution in [0.2, 0.25) is 0 Å². The molecule has 120 valence electrons. The molecular weight excluding hydrogens is 298 g/mol. The summed E-state index contributed by atoms with van der Waals surface area (Å²) in [6, 6.07) is 13.0. The van der Waals surface area contributed by atoms with Crippen LogP contribution in [0, 0.1) is 10.1 Å². The number of ether oxygens (including phenoxy) is 2. The number of benzene rings is 2. The van der Waals surface area contributed by atoms with E-state index >= 15 is 0 Å². The van der Waals surface area contributed by atoms with Crippen molar-refractivity contribution in [3.05, 3.63) is 75.3 Å². The van der Waals surface area contributed by atoms with Gasteiger partial charge in [0.05, 0.1) is 17.1 Å². The molecule has 0 radical (unpaired) electrons. The number of nitro groups is 1. The van der Waals surface area contributed by atoms with Gasteiger partial charge in [-0.05, 0) is 30.2 Å². The van der Waals surface area contributed by atoms with Gasteiger partial charge in [0.1, 0.15) is 6.10 Å². The van der Waals surface area contributed by atoms with Crippen molar-refractivity contribution in [3.8, 4) is 0 Å². The fourth-order valence-corrected chi connectivity index (χ4v) is 2.14. The van der Waals surface area contributed by atoms with Crippen LogP contribution in [0.4, 0.5) is 5.69 Å². The van der Waals surface area contributed by atoms with Gasteiger partial charge in [0.2, 0.25) is 0 Å². The molecule has 1 unspecified atom stereocenters. The van der Waals surface area contributed by atoms with Gasteiger partial charge in [0.15, 0.2) is 0 Å². The summed E-state index contributed by atoms with van der Waals surface area (Å²) in [6.07, 6.45) is -0.589. The summed E-state index contributed by atoms with van der Waals surface area (Å²) in [5, 5.41) is 10.8. The molecule has 2 aromatic rings. The molecule has 0 fully saturated rings. The predicted molar refractivity (Wildman–Crippen MR) is 84.1 cm³/mol. The molecule has 0 spiro atoms. The van der Waals surface area contributed by atoms with E-state index in [0.29, 0.717) is 17.7 Å². The maximum Gasteiger partial charge on any atom is 0.338 e. The smallest absolute Gasteiger partial charge is 0.338 e. The highest BCUT2D eigenvalue weighted by atomic mass is 16.6. The summed E-state index contributed by atoms with van der Waals surface area (Å²) >= 11 is 0. The summed E-state index contributed by atoms with van der Waals surface area (Å²) in [4.78, 5) is 22.5. The third-order valence-corrected chi connectivity index (χ3v) is 3.31. The molecule has 0 aliphatic heterocycles. The summed E-state index contributed by atoms with van der Waals surface area (Å²) in [6.45, 7) is 2.08. The number of hydrogen-bond acceptors (Lipinski definition) is 5. The molecule has 1 atom stereocenters. The molecule has 0 saturated heterocycles. The third kappa shape index (κ3) is 4.37. The lowest BCUT2D eigenvalue weighted by molar-refractivity contribution is -0.385. The highest BCUT2D eigenvalue weighted by Crippen LogP contribution is 2.23. The molecule has 0 aliphatic rings. The van der Waals surface area contributed by atoms with Crippen LogP contribution in [0.15, 0.2) is 48.5 Å². The Hall–Kier alpha value is -2.73. The van der Waals surface area contributed by atoms with Crippen molar-refractivity contribution < 1.29 is 19.2 Å². The van der Waals surface area contributed by atoms with E-state index in [0.717, 1.165) is 5.56 Å². The highest BCUT2D eigenvalue weighted by Gasteiger charge is 2.16. The van der Waals surface area contributed by atoms with E-state index in [4.69, 9.17) is 9.47 Å². The molecule has 6 heteroatoms. The lowest BCUT2D eigenvalue weighted by Crippen LogP contribution is -2.10. The van der Waals surface area contributed by atoms with Crippen LogP contribution >= 0.6 is 0 Å². The number of nitro benzene ring substituents is 1. The number of carbonyl (C=O) groups is 1. The molecule has 0 saturated carbocycles. The first-order valence-corrected chi connectivity index (χ1v) is 7.04. The largest absolute Gasteiger partial charge is 0.454 e. The van der Waals surface area contributed by atoms with E-state index in [1.54, 1.807) is 44.4 Å². The van der Waals surface area contributed by atoms with Gasteiger partial charge >= 0.3 is 5.97 Å². The van der Waals surface area contributed by atoms with Crippen molar-refractivity contribution in [3.63, 3.8) is 0 Å². The fraction of sp³-hybridized carbons (Fsp3) is 0.235. The highest BCUT2D eigenvalue weighted by molar-refractivity contribution is 5.89. The minimum absolute atomic E-state index is 0.0347.